The summed E-state index contributed by atoms with van der Waals surface area (Å²) in [6.07, 6.45) is 6.40. The molecule has 1 aliphatic rings. The lowest BCUT2D eigenvalue weighted by Crippen LogP contribution is -2.59. The highest BCUT2D eigenvalue weighted by Crippen LogP contribution is 2.43. The Hall–Kier alpha value is -0.0800. The largest absolute Gasteiger partial charge is 0.329 e. The lowest BCUT2D eigenvalue weighted by molar-refractivity contribution is 0.00202. The first-order chi connectivity index (χ1) is 7.87. The van der Waals surface area contributed by atoms with Gasteiger partial charge >= 0.3 is 0 Å². The van der Waals surface area contributed by atoms with E-state index in [0.29, 0.717) is 11.5 Å². The highest BCUT2D eigenvalue weighted by Gasteiger charge is 2.41. The molecule has 0 radical (unpaired) electrons. The predicted octanol–water partition coefficient (Wildman–Crippen LogP) is 3.40. The van der Waals surface area contributed by atoms with Crippen molar-refractivity contribution >= 4 is 0 Å². The summed E-state index contributed by atoms with van der Waals surface area (Å²) >= 11 is 0. The highest BCUT2D eigenvalue weighted by molar-refractivity contribution is 4.98. The molecule has 0 saturated heterocycles. The van der Waals surface area contributed by atoms with Gasteiger partial charge in [0.1, 0.15) is 0 Å². The molecule has 0 amide bonds. The van der Waals surface area contributed by atoms with Gasteiger partial charge in [-0.1, -0.05) is 20.8 Å². The molecule has 2 N–H and O–H groups in total. The summed E-state index contributed by atoms with van der Waals surface area (Å²) in [6.45, 7) is 13.7. The Morgan fingerprint density at radius 3 is 2.00 bits per heavy atom. The summed E-state index contributed by atoms with van der Waals surface area (Å²) in [6, 6.07) is 0.611. The minimum Gasteiger partial charge on any atom is -0.329 e. The van der Waals surface area contributed by atoms with Gasteiger partial charge in [-0.25, -0.2) is 0 Å². The molecule has 0 aromatic rings. The van der Waals surface area contributed by atoms with Crippen molar-refractivity contribution in [3.05, 3.63) is 0 Å². The van der Waals surface area contributed by atoms with Crippen LogP contribution in [0.5, 0.6) is 0 Å². The first kappa shape index (κ1) is 15.0. The zero-order chi connectivity index (χ0) is 13.1. The number of nitrogens with two attached hydrogens (primary N) is 1. The van der Waals surface area contributed by atoms with Gasteiger partial charge in [0.25, 0.3) is 0 Å². The van der Waals surface area contributed by atoms with Crippen LogP contribution in [0.25, 0.3) is 0 Å². The van der Waals surface area contributed by atoms with Gasteiger partial charge in [0.15, 0.2) is 0 Å². The van der Waals surface area contributed by atoms with E-state index in [-0.39, 0.29) is 5.54 Å². The summed E-state index contributed by atoms with van der Waals surface area (Å²) < 4.78 is 0. The van der Waals surface area contributed by atoms with E-state index in [0.717, 1.165) is 6.54 Å². The molecule has 0 bridgehead atoms. The predicted molar refractivity (Wildman–Crippen MR) is 76.2 cm³/mol. The maximum absolute atomic E-state index is 6.15. The summed E-state index contributed by atoms with van der Waals surface area (Å²) in [5, 5.41) is 0. The van der Waals surface area contributed by atoms with Crippen molar-refractivity contribution in [3.63, 3.8) is 0 Å². The van der Waals surface area contributed by atoms with Gasteiger partial charge in [0.2, 0.25) is 0 Å². The Morgan fingerprint density at radius 1 is 1.12 bits per heavy atom. The van der Waals surface area contributed by atoms with Crippen molar-refractivity contribution < 1.29 is 0 Å². The molecule has 1 rings (SSSR count). The van der Waals surface area contributed by atoms with E-state index >= 15 is 0 Å². The third-order valence-electron chi connectivity index (χ3n) is 4.61. The Morgan fingerprint density at radius 2 is 1.65 bits per heavy atom. The molecular formula is C15H32N2. The molecule has 1 saturated carbocycles. The molecule has 0 aromatic carbocycles. The van der Waals surface area contributed by atoms with Crippen LogP contribution in [0, 0.1) is 5.41 Å². The fourth-order valence-corrected chi connectivity index (χ4v) is 3.28. The molecule has 0 atom stereocenters. The molecule has 0 heterocycles. The summed E-state index contributed by atoms with van der Waals surface area (Å²) in [7, 11) is 0. The van der Waals surface area contributed by atoms with E-state index in [2.05, 4.69) is 39.5 Å². The quantitative estimate of drug-likeness (QED) is 0.798. The zero-order valence-electron chi connectivity index (χ0n) is 12.6. The highest BCUT2D eigenvalue weighted by atomic mass is 15.2. The summed E-state index contributed by atoms with van der Waals surface area (Å²) in [5.74, 6) is 0. The maximum Gasteiger partial charge on any atom is 0.0334 e. The molecule has 102 valence electrons. The van der Waals surface area contributed by atoms with Crippen molar-refractivity contribution in [2.75, 3.05) is 13.1 Å². The first-order valence-electron chi connectivity index (χ1n) is 7.34. The number of hydrogen-bond acceptors (Lipinski definition) is 2. The molecule has 1 fully saturated rings. The van der Waals surface area contributed by atoms with Gasteiger partial charge in [-0.3, -0.25) is 4.90 Å². The van der Waals surface area contributed by atoms with Crippen molar-refractivity contribution in [2.24, 2.45) is 11.1 Å². The van der Waals surface area contributed by atoms with Crippen molar-refractivity contribution in [3.8, 4) is 0 Å². The zero-order valence-corrected chi connectivity index (χ0v) is 12.6. The van der Waals surface area contributed by atoms with Crippen LogP contribution in [0.4, 0.5) is 0 Å². The van der Waals surface area contributed by atoms with Crippen LogP contribution in [-0.2, 0) is 0 Å². The molecular weight excluding hydrogens is 208 g/mol. The Balaban J connectivity index is 2.80. The fourth-order valence-electron chi connectivity index (χ4n) is 3.28. The van der Waals surface area contributed by atoms with Crippen LogP contribution in [0.3, 0.4) is 0 Å². The van der Waals surface area contributed by atoms with Crippen LogP contribution < -0.4 is 5.73 Å². The van der Waals surface area contributed by atoms with Gasteiger partial charge in [0, 0.05) is 18.1 Å². The maximum atomic E-state index is 6.15. The van der Waals surface area contributed by atoms with Crippen LogP contribution >= 0.6 is 0 Å². The molecule has 0 aliphatic heterocycles. The molecule has 17 heavy (non-hydrogen) atoms. The Kier molecular flexibility index (Phi) is 5.03. The van der Waals surface area contributed by atoms with Gasteiger partial charge in [-0.05, 0) is 57.9 Å². The van der Waals surface area contributed by atoms with Gasteiger partial charge in [0.05, 0.1) is 0 Å². The second-order valence-electron chi connectivity index (χ2n) is 6.88. The van der Waals surface area contributed by atoms with Crippen LogP contribution in [0.2, 0.25) is 0 Å². The lowest BCUT2D eigenvalue weighted by Gasteiger charge is -2.51. The minimum absolute atomic E-state index is 0.277. The van der Waals surface area contributed by atoms with E-state index in [4.69, 9.17) is 5.73 Å². The van der Waals surface area contributed by atoms with E-state index < -0.39 is 0 Å². The van der Waals surface area contributed by atoms with Crippen LogP contribution in [0.15, 0.2) is 0 Å². The average molecular weight is 240 g/mol. The van der Waals surface area contributed by atoms with E-state index in [1.165, 1.54) is 38.6 Å². The Bertz CT molecular complexity index is 223. The van der Waals surface area contributed by atoms with Gasteiger partial charge in [-0.15, -0.1) is 0 Å². The third kappa shape index (κ3) is 3.45. The molecule has 1 aliphatic carbocycles. The number of nitrogens with zero attached hydrogens (tertiary/aromatic N) is 1. The number of hydrogen-bond donors (Lipinski definition) is 1. The van der Waals surface area contributed by atoms with E-state index in [9.17, 15) is 0 Å². The Labute approximate surface area is 108 Å². The molecule has 2 nitrogen and oxygen atoms in total. The van der Waals surface area contributed by atoms with Crippen molar-refractivity contribution in [1.29, 1.82) is 0 Å². The van der Waals surface area contributed by atoms with Gasteiger partial charge in [-0.2, -0.15) is 0 Å². The molecule has 0 unspecified atom stereocenters. The van der Waals surface area contributed by atoms with Gasteiger partial charge < -0.3 is 5.73 Å². The third-order valence-corrected chi connectivity index (χ3v) is 4.61. The normalized spacial score (nSPS) is 23.3. The molecule has 2 heteroatoms. The van der Waals surface area contributed by atoms with E-state index in [1.54, 1.807) is 0 Å². The second kappa shape index (κ2) is 5.71. The summed E-state index contributed by atoms with van der Waals surface area (Å²) in [4.78, 5) is 2.67. The fraction of sp³-hybridized carbons (Fsp3) is 1.00. The smallest absolute Gasteiger partial charge is 0.0334 e. The summed E-state index contributed by atoms with van der Waals surface area (Å²) in [5.41, 5.74) is 6.95. The van der Waals surface area contributed by atoms with Crippen LogP contribution in [0.1, 0.15) is 66.7 Å². The second-order valence-corrected chi connectivity index (χ2v) is 6.88. The lowest BCUT2D eigenvalue weighted by atomic mass is 9.68. The van der Waals surface area contributed by atoms with Crippen LogP contribution in [-0.4, -0.2) is 29.6 Å². The van der Waals surface area contributed by atoms with E-state index in [1.807, 2.05) is 0 Å². The topological polar surface area (TPSA) is 29.3 Å². The average Bonchev–Trinajstić information content (AvgIpc) is 2.27. The first-order valence-corrected chi connectivity index (χ1v) is 7.34. The minimum atomic E-state index is 0.277. The number of rotatable bonds is 5. The van der Waals surface area contributed by atoms with Crippen molar-refractivity contribution in [1.82, 2.24) is 4.90 Å². The standard InChI is InChI=1S/C15H32N2/c1-6-11-17(13(2)3)15(12-16)9-7-14(4,5)8-10-15/h13H,6-12,16H2,1-5H3. The molecule has 0 aromatic heterocycles. The monoisotopic (exact) mass is 240 g/mol. The van der Waals surface area contributed by atoms with Crippen molar-refractivity contribution in [2.45, 2.75) is 78.3 Å². The molecule has 0 spiro atoms. The SMILES string of the molecule is CCCN(C(C)C)C1(CN)CCC(C)(C)CC1.